The van der Waals surface area contributed by atoms with E-state index in [1.807, 2.05) is 11.9 Å². The first-order valence-electron chi connectivity index (χ1n) is 6.59. The van der Waals surface area contributed by atoms with Crippen LogP contribution >= 0.6 is 11.3 Å². The molecule has 1 aliphatic rings. The number of aryl methyl sites for hydroxylation is 2. The third-order valence-corrected chi connectivity index (χ3v) is 4.92. The van der Waals surface area contributed by atoms with Crippen LogP contribution in [0.1, 0.15) is 28.5 Å². The molecule has 1 heterocycles. The van der Waals surface area contributed by atoms with Crippen LogP contribution in [0.2, 0.25) is 0 Å². The van der Waals surface area contributed by atoms with E-state index >= 15 is 0 Å². The predicted octanol–water partition coefficient (Wildman–Crippen LogP) is 3.33. The van der Waals surface area contributed by atoms with Gasteiger partial charge in [0.05, 0.1) is 5.69 Å². The monoisotopic (exact) mass is 288 g/mol. The topological polar surface area (TPSA) is 53.4 Å². The Hall–Kier alpha value is -1.88. The maximum atomic E-state index is 11.2. The lowest BCUT2D eigenvalue weighted by Gasteiger charge is -2.16. The fourth-order valence-electron chi connectivity index (χ4n) is 2.48. The molecule has 0 fully saturated rings. The van der Waals surface area contributed by atoms with Crippen molar-refractivity contribution in [1.29, 1.82) is 0 Å². The highest BCUT2D eigenvalue weighted by molar-refractivity contribution is 7.15. The number of fused-ring (bicyclic) bond motifs is 1. The Labute approximate surface area is 121 Å². The van der Waals surface area contributed by atoms with Gasteiger partial charge in [0.2, 0.25) is 0 Å². The van der Waals surface area contributed by atoms with Crippen molar-refractivity contribution in [2.24, 2.45) is 0 Å². The van der Waals surface area contributed by atoms with E-state index in [1.54, 1.807) is 11.3 Å². The summed E-state index contributed by atoms with van der Waals surface area (Å²) in [4.78, 5) is 18.9. The van der Waals surface area contributed by atoms with Crippen molar-refractivity contribution in [3.8, 4) is 0 Å². The smallest absolute Gasteiger partial charge is 0.312 e. The quantitative estimate of drug-likeness (QED) is 0.941. The molecule has 3 rings (SSSR count). The minimum absolute atomic E-state index is 0.429. The molecule has 1 atom stereocenters. The molecule has 0 amide bonds. The second-order valence-corrected chi connectivity index (χ2v) is 6.19. The molecule has 2 aromatic rings. The van der Waals surface area contributed by atoms with Gasteiger partial charge < -0.3 is 10.0 Å². The molecule has 0 spiro atoms. The number of rotatable bonds is 3. The molecular weight excluding hydrogens is 272 g/mol. The van der Waals surface area contributed by atoms with E-state index in [1.165, 1.54) is 5.56 Å². The van der Waals surface area contributed by atoms with E-state index in [4.69, 9.17) is 0 Å². The Morgan fingerprint density at radius 2 is 2.10 bits per heavy atom. The zero-order valence-electron chi connectivity index (χ0n) is 11.5. The summed E-state index contributed by atoms with van der Waals surface area (Å²) >= 11 is 1.60. The van der Waals surface area contributed by atoms with E-state index in [0.29, 0.717) is 6.42 Å². The summed E-state index contributed by atoms with van der Waals surface area (Å²) in [6, 6.07) is 8.23. The molecule has 0 radical (unpaired) electrons. The third-order valence-electron chi connectivity index (χ3n) is 3.71. The van der Waals surface area contributed by atoms with E-state index in [9.17, 15) is 9.90 Å². The van der Waals surface area contributed by atoms with Crippen LogP contribution in [-0.4, -0.2) is 23.1 Å². The minimum atomic E-state index is -0.765. The Morgan fingerprint density at radius 1 is 1.40 bits per heavy atom. The van der Waals surface area contributed by atoms with Gasteiger partial charge in [-0.3, -0.25) is 4.79 Å². The van der Waals surface area contributed by atoms with Gasteiger partial charge in [-0.2, -0.15) is 0 Å². The summed E-state index contributed by atoms with van der Waals surface area (Å²) in [6.45, 7) is 2.05. The fraction of sp³-hybridized carbons (Fsp3) is 0.333. The van der Waals surface area contributed by atoms with Gasteiger partial charge >= 0.3 is 5.97 Å². The van der Waals surface area contributed by atoms with Crippen LogP contribution in [-0.2, 0) is 11.2 Å². The summed E-state index contributed by atoms with van der Waals surface area (Å²) in [7, 11) is 1.97. The number of hydrogen-bond donors (Lipinski definition) is 1. The van der Waals surface area contributed by atoms with Crippen molar-refractivity contribution >= 4 is 28.1 Å². The van der Waals surface area contributed by atoms with Crippen molar-refractivity contribution in [3.05, 3.63) is 40.4 Å². The normalized spacial score (nSPS) is 17.0. The van der Waals surface area contributed by atoms with Crippen molar-refractivity contribution < 1.29 is 9.90 Å². The SMILES string of the molecule is Cc1ccc(N(C)c2nc3c(s2)CCC3C(=O)O)cc1. The molecule has 0 aliphatic heterocycles. The number of thiazole rings is 1. The highest BCUT2D eigenvalue weighted by Crippen LogP contribution is 2.40. The second kappa shape index (κ2) is 4.90. The van der Waals surface area contributed by atoms with E-state index in [0.717, 1.165) is 27.8 Å². The van der Waals surface area contributed by atoms with Crippen molar-refractivity contribution in [2.75, 3.05) is 11.9 Å². The number of hydrogen-bond acceptors (Lipinski definition) is 4. The van der Waals surface area contributed by atoms with Gasteiger partial charge in [0, 0.05) is 17.6 Å². The van der Waals surface area contributed by atoms with Gasteiger partial charge in [0.15, 0.2) is 5.13 Å². The van der Waals surface area contributed by atoms with Gasteiger partial charge in [-0.05, 0) is 31.9 Å². The highest BCUT2D eigenvalue weighted by Gasteiger charge is 2.32. The van der Waals surface area contributed by atoms with Crippen LogP contribution in [0.15, 0.2) is 24.3 Å². The largest absolute Gasteiger partial charge is 0.481 e. The fourth-order valence-corrected chi connectivity index (χ4v) is 3.60. The van der Waals surface area contributed by atoms with Crippen LogP contribution < -0.4 is 4.90 Å². The zero-order valence-corrected chi connectivity index (χ0v) is 12.3. The van der Waals surface area contributed by atoms with Gasteiger partial charge in [0.25, 0.3) is 0 Å². The van der Waals surface area contributed by atoms with Crippen LogP contribution in [0, 0.1) is 6.92 Å². The molecule has 0 saturated heterocycles. The lowest BCUT2D eigenvalue weighted by atomic mass is 10.1. The molecule has 1 aromatic heterocycles. The number of aromatic nitrogens is 1. The summed E-state index contributed by atoms with van der Waals surface area (Å²) in [5.74, 6) is -1.19. The summed E-state index contributed by atoms with van der Waals surface area (Å²) < 4.78 is 0. The average molecular weight is 288 g/mol. The van der Waals surface area contributed by atoms with Gasteiger partial charge in [-0.1, -0.05) is 17.7 Å². The zero-order chi connectivity index (χ0) is 14.3. The lowest BCUT2D eigenvalue weighted by Crippen LogP contribution is -2.11. The van der Waals surface area contributed by atoms with Crippen LogP contribution in [0.4, 0.5) is 10.8 Å². The molecule has 1 aliphatic carbocycles. The van der Waals surface area contributed by atoms with Gasteiger partial charge in [-0.25, -0.2) is 4.98 Å². The Morgan fingerprint density at radius 3 is 2.75 bits per heavy atom. The summed E-state index contributed by atoms with van der Waals surface area (Å²) in [6.07, 6.45) is 1.50. The number of aliphatic carboxylic acids is 1. The number of carboxylic acids is 1. The molecule has 1 aromatic carbocycles. The van der Waals surface area contributed by atoms with Crippen molar-refractivity contribution in [3.63, 3.8) is 0 Å². The maximum Gasteiger partial charge on any atom is 0.312 e. The molecule has 4 nitrogen and oxygen atoms in total. The van der Waals surface area contributed by atoms with Crippen molar-refractivity contribution in [2.45, 2.75) is 25.7 Å². The third kappa shape index (κ3) is 2.18. The van der Waals surface area contributed by atoms with Crippen LogP contribution in [0.3, 0.4) is 0 Å². The van der Waals surface area contributed by atoms with Gasteiger partial charge in [0.1, 0.15) is 5.92 Å². The lowest BCUT2D eigenvalue weighted by molar-refractivity contribution is -0.138. The van der Waals surface area contributed by atoms with E-state index in [-0.39, 0.29) is 0 Å². The molecule has 104 valence electrons. The first-order valence-corrected chi connectivity index (χ1v) is 7.40. The highest BCUT2D eigenvalue weighted by atomic mass is 32.1. The Kier molecular flexibility index (Phi) is 3.22. The molecule has 1 unspecified atom stereocenters. The van der Waals surface area contributed by atoms with Crippen LogP contribution in [0.5, 0.6) is 0 Å². The Balaban J connectivity index is 1.90. The number of carboxylic acid groups (broad SMARTS) is 1. The van der Waals surface area contributed by atoms with E-state index < -0.39 is 11.9 Å². The second-order valence-electron chi connectivity index (χ2n) is 5.13. The number of carbonyl (C=O) groups is 1. The minimum Gasteiger partial charge on any atom is -0.481 e. The number of benzene rings is 1. The summed E-state index contributed by atoms with van der Waals surface area (Å²) in [5.41, 5.74) is 3.04. The maximum absolute atomic E-state index is 11.2. The van der Waals surface area contributed by atoms with Crippen molar-refractivity contribution in [1.82, 2.24) is 4.98 Å². The molecule has 1 N–H and O–H groups in total. The van der Waals surface area contributed by atoms with Gasteiger partial charge in [-0.15, -0.1) is 11.3 Å². The van der Waals surface area contributed by atoms with Crippen LogP contribution in [0.25, 0.3) is 0 Å². The first kappa shape index (κ1) is 13.1. The first-order chi connectivity index (χ1) is 9.56. The molecule has 5 heteroatoms. The summed E-state index contributed by atoms with van der Waals surface area (Å²) in [5, 5.41) is 10.1. The average Bonchev–Trinajstić information content (AvgIpc) is 2.97. The molecule has 0 bridgehead atoms. The molecule has 0 saturated carbocycles. The molecular formula is C15H16N2O2S. The number of nitrogens with zero attached hydrogens (tertiary/aromatic N) is 2. The molecule has 20 heavy (non-hydrogen) atoms. The Bertz CT molecular complexity index is 648. The van der Waals surface area contributed by atoms with E-state index in [2.05, 4.69) is 36.2 Å². The predicted molar refractivity (Wildman–Crippen MR) is 80.1 cm³/mol. The number of anilines is 2. The standard InChI is InChI=1S/C15H16N2O2S/c1-9-3-5-10(6-4-9)17(2)15-16-13-11(14(18)19)7-8-12(13)20-15/h3-6,11H,7-8H2,1-2H3,(H,18,19).